The summed E-state index contributed by atoms with van der Waals surface area (Å²) in [7, 11) is 1.45. The summed E-state index contributed by atoms with van der Waals surface area (Å²) in [5.41, 5.74) is -0.124. The number of nitro benzene ring substituents is 1. The third kappa shape index (κ3) is 3.27. The Morgan fingerprint density at radius 3 is 2.61 bits per heavy atom. The minimum atomic E-state index is -0.602. The molecular weight excluding hydrogens is 240 g/mol. The van der Waals surface area contributed by atoms with Gasteiger partial charge in [-0.1, -0.05) is 0 Å². The van der Waals surface area contributed by atoms with Crippen LogP contribution in [0.2, 0.25) is 0 Å². The maximum Gasteiger partial charge on any atom is 0.270 e. The van der Waals surface area contributed by atoms with Crippen LogP contribution in [0.25, 0.3) is 0 Å². The summed E-state index contributed by atoms with van der Waals surface area (Å²) >= 11 is 0. The Labute approximate surface area is 103 Å². The van der Waals surface area contributed by atoms with Gasteiger partial charge in [-0.3, -0.25) is 19.7 Å². The van der Waals surface area contributed by atoms with Crippen LogP contribution in [0.1, 0.15) is 17.3 Å². The number of amides is 1. The number of likely N-dealkylation sites (N-methyl/N-ethyl adjacent to an activating group) is 1. The molecule has 1 aromatic carbocycles. The van der Waals surface area contributed by atoms with Gasteiger partial charge in [-0.25, -0.2) is 0 Å². The molecule has 18 heavy (non-hydrogen) atoms. The van der Waals surface area contributed by atoms with Crippen molar-refractivity contribution in [3.8, 4) is 5.75 Å². The molecule has 0 aliphatic rings. The molecule has 0 heterocycles. The zero-order chi connectivity index (χ0) is 13.7. The van der Waals surface area contributed by atoms with Crippen molar-refractivity contribution < 1.29 is 19.2 Å². The Bertz CT molecular complexity index is 498. The van der Waals surface area contributed by atoms with E-state index in [1.165, 1.54) is 26.1 Å². The normalized spacial score (nSPS) is 9.67. The number of rotatable bonds is 5. The third-order valence-electron chi connectivity index (χ3n) is 2.19. The number of hydrogen-bond donors (Lipinski definition) is 1. The number of Topliss-reactive ketones (excluding diaryl/α,β-unsaturated/α-hetero) is 1. The molecule has 0 radical (unpaired) electrons. The summed E-state index contributed by atoms with van der Waals surface area (Å²) in [4.78, 5) is 32.4. The number of nitrogens with one attached hydrogen (secondary N) is 1. The Kier molecular flexibility index (Phi) is 4.36. The van der Waals surface area contributed by atoms with Crippen LogP contribution in [-0.2, 0) is 4.79 Å². The van der Waals surface area contributed by atoms with Gasteiger partial charge in [0.05, 0.1) is 10.5 Å². The van der Waals surface area contributed by atoms with E-state index in [4.69, 9.17) is 4.74 Å². The smallest absolute Gasteiger partial charge is 0.270 e. The van der Waals surface area contributed by atoms with E-state index in [0.29, 0.717) is 0 Å². The summed E-state index contributed by atoms with van der Waals surface area (Å²) in [6.07, 6.45) is 0. The molecule has 96 valence electrons. The van der Waals surface area contributed by atoms with Gasteiger partial charge < -0.3 is 10.1 Å². The molecule has 0 unspecified atom stereocenters. The fourth-order valence-corrected chi connectivity index (χ4v) is 1.25. The minimum Gasteiger partial charge on any atom is -0.483 e. The summed E-state index contributed by atoms with van der Waals surface area (Å²) in [5, 5.41) is 12.9. The van der Waals surface area contributed by atoms with E-state index in [2.05, 4.69) is 5.32 Å². The van der Waals surface area contributed by atoms with Gasteiger partial charge >= 0.3 is 0 Å². The number of non-ortho nitro benzene ring substituents is 1. The Morgan fingerprint density at radius 1 is 1.44 bits per heavy atom. The molecule has 7 nitrogen and oxygen atoms in total. The van der Waals surface area contributed by atoms with Crippen LogP contribution in [0.5, 0.6) is 5.75 Å². The van der Waals surface area contributed by atoms with Gasteiger partial charge in [-0.05, 0) is 13.0 Å². The van der Waals surface area contributed by atoms with E-state index in [1.54, 1.807) is 0 Å². The van der Waals surface area contributed by atoms with Crippen molar-refractivity contribution in [2.75, 3.05) is 13.7 Å². The van der Waals surface area contributed by atoms with Crippen LogP contribution >= 0.6 is 0 Å². The van der Waals surface area contributed by atoms with E-state index in [-0.39, 0.29) is 35.3 Å². The third-order valence-corrected chi connectivity index (χ3v) is 2.19. The molecule has 0 fully saturated rings. The number of nitrogens with zero attached hydrogens (tertiary/aromatic N) is 1. The molecule has 0 aliphatic carbocycles. The van der Waals surface area contributed by atoms with Gasteiger partial charge in [-0.15, -0.1) is 0 Å². The Balaban J connectivity index is 3.00. The molecule has 1 amide bonds. The van der Waals surface area contributed by atoms with E-state index < -0.39 is 4.92 Å². The van der Waals surface area contributed by atoms with Crippen LogP contribution in [0.4, 0.5) is 5.69 Å². The summed E-state index contributed by atoms with van der Waals surface area (Å²) in [6, 6.07) is 3.64. The number of ketones is 1. The van der Waals surface area contributed by atoms with E-state index in [9.17, 15) is 19.7 Å². The SMILES string of the molecule is CNC(=O)COc1ccc([N+](=O)[O-])cc1C(C)=O. The highest BCUT2D eigenvalue weighted by Crippen LogP contribution is 2.24. The second kappa shape index (κ2) is 5.76. The fourth-order valence-electron chi connectivity index (χ4n) is 1.25. The predicted octanol–water partition coefficient (Wildman–Crippen LogP) is 0.922. The van der Waals surface area contributed by atoms with Crippen molar-refractivity contribution in [2.45, 2.75) is 6.92 Å². The second-order valence-corrected chi connectivity index (χ2v) is 3.46. The molecule has 0 spiro atoms. The lowest BCUT2D eigenvalue weighted by Crippen LogP contribution is -2.25. The van der Waals surface area contributed by atoms with Crippen LogP contribution in [-0.4, -0.2) is 30.3 Å². The summed E-state index contributed by atoms with van der Waals surface area (Å²) in [6.45, 7) is 1.01. The molecule has 0 aliphatic heterocycles. The first-order valence-corrected chi connectivity index (χ1v) is 5.08. The van der Waals surface area contributed by atoms with Gasteiger partial charge in [0, 0.05) is 19.2 Å². The van der Waals surface area contributed by atoms with Crippen molar-refractivity contribution in [1.82, 2.24) is 5.32 Å². The number of carbonyl (C=O) groups is 2. The Morgan fingerprint density at radius 2 is 2.11 bits per heavy atom. The number of carbonyl (C=O) groups excluding carboxylic acids is 2. The van der Waals surface area contributed by atoms with Crippen LogP contribution in [0, 0.1) is 10.1 Å². The molecule has 0 saturated heterocycles. The van der Waals surface area contributed by atoms with Gasteiger partial charge in [0.1, 0.15) is 5.75 Å². The fraction of sp³-hybridized carbons (Fsp3) is 0.273. The first-order valence-electron chi connectivity index (χ1n) is 5.08. The van der Waals surface area contributed by atoms with Crippen molar-refractivity contribution in [3.05, 3.63) is 33.9 Å². The second-order valence-electron chi connectivity index (χ2n) is 3.46. The first-order chi connectivity index (χ1) is 8.45. The molecule has 0 aromatic heterocycles. The summed E-state index contributed by atoms with van der Waals surface area (Å²) < 4.78 is 5.13. The van der Waals surface area contributed by atoms with Gasteiger partial charge in [0.25, 0.3) is 11.6 Å². The average Bonchev–Trinajstić information content (AvgIpc) is 2.35. The van der Waals surface area contributed by atoms with Crippen LogP contribution < -0.4 is 10.1 Å². The van der Waals surface area contributed by atoms with Gasteiger partial charge in [-0.2, -0.15) is 0 Å². The van der Waals surface area contributed by atoms with E-state index >= 15 is 0 Å². The molecule has 7 heteroatoms. The highest BCUT2D eigenvalue weighted by atomic mass is 16.6. The van der Waals surface area contributed by atoms with Crippen LogP contribution in [0.15, 0.2) is 18.2 Å². The van der Waals surface area contributed by atoms with E-state index in [0.717, 1.165) is 6.07 Å². The average molecular weight is 252 g/mol. The largest absolute Gasteiger partial charge is 0.483 e. The first kappa shape index (κ1) is 13.6. The standard InChI is InChI=1S/C11H12N2O5/c1-7(14)9-5-8(13(16)17)3-4-10(9)18-6-11(15)12-2/h3-5H,6H2,1-2H3,(H,12,15). The topological polar surface area (TPSA) is 98.5 Å². The molecule has 1 aromatic rings. The van der Waals surface area contributed by atoms with Crippen molar-refractivity contribution in [2.24, 2.45) is 0 Å². The van der Waals surface area contributed by atoms with Crippen molar-refractivity contribution in [1.29, 1.82) is 0 Å². The number of ether oxygens (including phenoxy) is 1. The molecular formula is C11H12N2O5. The highest BCUT2D eigenvalue weighted by molar-refractivity contribution is 5.97. The van der Waals surface area contributed by atoms with Gasteiger partial charge in [0.15, 0.2) is 12.4 Å². The lowest BCUT2D eigenvalue weighted by Gasteiger charge is -2.08. The minimum absolute atomic E-state index is 0.0769. The molecule has 0 bridgehead atoms. The monoisotopic (exact) mass is 252 g/mol. The summed E-state index contributed by atoms with van der Waals surface area (Å²) in [5.74, 6) is -0.579. The predicted molar refractivity (Wildman–Crippen MR) is 62.7 cm³/mol. The molecule has 0 saturated carbocycles. The number of nitro groups is 1. The zero-order valence-corrected chi connectivity index (χ0v) is 9.93. The lowest BCUT2D eigenvalue weighted by molar-refractivity contribution is -0.384. The van der Waals surface area contributed by atoms with E-state index in [1.807, 2.05) is 0 Å². The number of benzene rings is 1. The number of hydrogen-bond acceptors (Lipinski definition) is 5. The van der Waals surface area contributed by atoms with Crippen molar-refractivity contribution in [3.63, 3.8) is 0 Å². The molecule has 1 N–H and O–H groups in total. The van der Waals surface area contributed by atoms with Crippen molar-refractivity contribution >= 4 is 17.4 Å². The quantitative estimate of drug-likeness (QED) is 0.477. The maximum absolute atomic E-state index is 11.4. The maximum atomic E-state index is 11.4. The lowest BCUT2D eigenvalue weighted by atomic mass is 10.1. The zero-order valence-electron chi connectivity index (χ0n) is 9.93. The van der Waals surface area contributed by atoms with Crippen LogP contribution in [0.3, 0.4) is 0 Å². The van der Waals surface area contributed by atoms with Gasteiger partial charge in [0.2, 0.25) is 0 Å². The Hall–Kier alpha value is -2.44. The highest BCUT2D eigenvalue weighted by Gasteiger charge is 2.15. The molecule has 0 atom stereocenters. The molecule has 1 rings (SSSR count).